The van der Waals surface area contributed by atoms with Gasteiger partial charge in [-0.25, -0.2) is 0 Å². The highest BCUT2D eigenvalue weighted by atomic mass is 16.5. The Morgan fingerprint density at radius 3 is 2.34 bits per heavy atom. The first kappa shape index (κ1) is 21.9. The Labute approximate surface area is 188 Å². The van der Waals surface area contributed by atoms with Crippen LogP contribution in [0.1, 0.15) is 54.4 Å². The van der Waals surface area contributed by atoms with Crippen LogP contribution in [0.3, 0.4) is 0 Å². The van der Waals surface area contributed by atoms with Crippen molar-refractivity contribution in [2.75, 3.05) is 26.2 Å². The normalized spacial score (nSPS) is 18.2. The van der Waals surface area contributed by atoms with Crippen molar-refractivity contribution in [1.29, 1.82) is 5.26 Å². The lowest BCUT2D eigenvalue weighted by atomic mass is 10.1. The fraction of sp³-hybridized carbons (Fsp3) is 0.458. The second-order valence-electron chi connectivity index (χ2n) is 8.25. The van der Waals surface area contributed by atoms with Crippen molar-refractivity contribution in [2.45, 2.75) is 44.8 Å². The summed E-state index contributed by atoms with van der Waals surface area (Å²) >= 11 is 0. The number of nitrogens with zero attached hydrogens (tertiary/aromatic N) is 5. The molecule has 1 N–H and O–H groups in total. The fourth-order valence-corrected chi connectivity index (χ4v) is 4.05. The number of likely N-dealkylation sites (tertiary alicyclic amines) is 1. The molecule has 0 bridgehead atoms. The number of aromatic nitrogens is 2. The maximum atomic E-state index is 12.8. The number of carbonyl (C=O) groups is 1. The SMILES string of the molecule is CC(=NC1CCNCC1)c1ccc(C(=O)N2CCC(Oc3ccc(C#N)cc3)CC2)nn1. The molecule has 8 nitrogen and oxygen atoms in total. The third kappa shape index (κ3) is 5.48. The number of amides is 1. The first-order valence-electron chi connectivity index (χ1n) is 11.2. The third-order valence-corrected chi connectivity index (χ3v) is 5.95. The predicted octanol–water partition coefficient (Wildman–Crippen LogP) is 2.59. The van der Waals surface area contributed by atoms with Crippen LogP contribution in [-0.2, 0) is 0 Å². The molecule has 166 valence electrons. The summed E-state index contributed by atoms with van der Waals surface area (Å²) in [6.07, 6.45) is 3.62. The van der Waals surface area contributed by atoms with E-state index in [1.807, 2.05) is 25.1 Å². The molecule has 0 unspecified atom stereocenters. The Morgan fingerprint density at radius 1 is 1.06 bits per heavy atom. The Balaban J connectivity index is 1.30. The minimum absolute atomic E-state index is 0.0503. The first-order chi connectivity index (χ1) is 15.6. The molecule has 4 rings (SSSR count). The van der Waals surface area contributed by atoms with Crippen LogP contribution in [0, 0.1) is 11.3 Å². The highest BCUT2D eigenvalue weighted by Crippen LogP contribution is 2.20. The predicted molar refractivity (Wildman–Crippen MR) is 121 cm³/mol. The number of nitrogens with one attached hydrogen (secondary N) is 1. The summed E-state index contributed by atoms with van der Waals surface area (Å²) in [5.74, 6) is 0.644. The minimum atomic E-state index is -0.103. The molecule has 8 heteroatoms. The van der Waals surface area contributed by atoms with Crippen LogP contribution < -0.4 is 10.1 Å². The van der Waals surface area contributed by atoms with Gasteiger partial charge in [0.1, 0.15) is 17.5 Å². The van der Waals surface area contributed by atoms with Gasteiger partial charge in [0.05, 0.1) is 23.4 Å². The summed E-state index contributed by atoms with van der Waals surface area (Å²) in [4.78, 5) is 19.4. The highest BCUT2D eigenvalue weighted by Gasteiger charge is 2.26. The van der Waals surface area contributed by atoms with Gasteiger partial charge in [-0.05, 0) is 69.3 Å². The number of ether oxygens (including phenoxy) is 1. The molecular weight excluding hydrogens is 404 g/mol. The number of nitriles is 1. The molecule has 1 aromatic heterocycles. The lowest BCUT2D eigenvalue weighted by molar-refractivity contribution is 0.0589. The van der Waals surface area contributed by atoms with Crippen molar-refractivity contribution >= 4 is 11.6 Å². The smallest absolute Gasteiger partial charge is 0.274 e. The molecule has 1 aromatic carbocycles. The van der Waals surface area contributed by atoms with E-state index in [0.29, 0.717) is 30.4 Å². The van der Waals surface area contributed by atoms with Gasteiger partial charge in [0.25, 0.3) is 5.91 Å². The number of hydrogen-bond acceptors (Lipinski definition) is 7. The van der Waals surface area contributed by atoms with Gasteiger partial charge < -0.3 is 15.0 Å². The highest BCUT2D eigenvalue weighted by molar-refractivity contribution is 5.98. The Morgan fingerprint density at radius 2 is 1.72 bits per heavy atom. The molecule has 2 aliphatic rings. The van der Waals surface area contributed by atoms with Crippen LogP contribution in [-0.4, -0.2) is 65.0 Å². The van der Waals surface area contributed by atoms with Crippen molar-refractivity contribution in [3.05, 3.63) is 53.3 Å². The fourth-order valence-electron chi connectivity index (χ4n) is 4.05. The van der Waals surface area contributed by atoms with Gasteiger partial charge >= 0.3 is 0 Å². The molecule has 0 spiro atoms. The summed E-state index contributed by atoms with van der Waals surface area (Å²) in [6.45, 7) is 5.16. The van der Waals surface area contributed by atoms with Crippen LogP contribution in [0.2, 0.25) is 0 Å². The van der Waals surface area contributed by atoms with Crippen LogP contribution >= 0.6 is 0 Å². The monoisotopic (exact) mass is 432 g/mol. The molecule has 2 aromatic rings. The second-order valence-corrected chi connectivity index (χ2v) is 8.25. The molecule has 0 radical (unpaired) electrons. The van der Waals surface area contributed by atoms with Crippen LogP contribution in [0.4, 0.5) is 0 Å². The van der Waals surface area contributed by atoms with Gasteiger partial charge in [-0.15, -0.1) is 10.2 Å². The molecule has 2 saturated heterocycles. The lowest BCUT2D eigenvalue weighted by Gasteiger charge is -2.32. The van der Waals surface area contributed by atoms with Gasteiger partial charge in [0, 0.05) is 25.9 Å². The number of rotatable bonds is 5. The summed E-state index contributed by atoms with van der Waals surface area (Å²) < 4.78 is 6.00. The zero-order chi connectivity index (χ0) is 22.3. The molecule has 32 heavy (non-hydrogen) atoms. The number of aliphatic imine (C=N–C) groups is 1. The quantitative estimate of drug-likeness (QED) is 0.729. The second kappa shape index (κ2) is 10.3. The average molecular weight is 433 g/mol. The van der Waals surface area contributed by atoms with Crippen LogP contribution in [0.25, 0.3) is 0 Å². The molecule has 0 aliphatic carbocycles. The van der Waals surface area contributed by atoms with E-state index < -0.39 is 0 Å². The van der Waals surface area contributed by atoms with Crippen molar-refractivity contribution < 1.29 is 9.53 Å². The van der Waals surface area contributed by atoms with E-state index >= 15 is 0 Å². The molecular formula is C24H28N6O2. The summed E-state index contributed by atoms with van der Waals surface area (Å²) in [6, 6.07) is 13.1. The maximum Gasteiger partial charge on any atom is 0.274 e. The third-order valence-electron chi connectivity index (χ3n) is 5.95. The van der Waals surface area contributed by atoms with Gasteiger partial charge in [-0.2, -0.15) is 5.26 Å². The summed E-state index contributed by atoms with van der Waals surface area (Å²) in [7, 11) is 0. The Bertz CT molecular complexity index is 983. The first-order valence-corrected chi connectivity index (χ1v) is 11.2. The van der Waals surface area contributed by atoms with E-state index in [0.717, 1.165) is 55.9 Å². The standard InChI is InChI=1S/C24H28N6O2/c1-17(27-19-8-12-26-13-9-19)22-6-7-23(29-28-22)24(31)30-14-10-21(11-15-30)32-20-4-2-18(16-25)3-5-20/h2-7,19,21,26H,8-15H2,1H3. The van der Waals surface area contributed by atoms with E-state index in [1.54, 1.807) is 23.1 Å². The Hall–Kier alpha value is -3.31. The zero-order valence-electron chi connectivity index (χ0n) is 18.3. The number of benzene rings is 1. The summed E-state index contributed by atoms with van der Waals surface area (Å²) in [5.41, 5.74) is 2.55. The molecule has 0 atom stereocenters. The van der Waals surface area contributed by atoms with Crippen molar-refractivity contribution in [3.8, 4) is 11.8 Å². The van der Waals surface area contributed by atoms with Gasteiger partial charge in [-0.3, -0.25) is 9.79 Å². The number of hydrogen-bond donors (Lipinski definition) is 1. The van der Waals surface area contributed by atoms with E-state index in [2.05, 4.69) is 21.6 Å². The Kier molecular flexibility index (Phi) is 7.07. The average Bonchev–Trinajstić information content (AvgIpc) is 2.85. The van der Waals surface area contributed by atoms with Crippen molar-refractivity contribution in [1.82, 2.24) is 20.4 Å². The molecule has 2 fully saturated rings. The maximum absolute atomic E-state index is 12.8. The van der Waals surface area contributed by atoms with Gasteiger partial charge in [0.2, 0.25) is 0 Å². The van der Waals surface area contributed by atoms with E-state index in [-0.39, 0.29) is 12.0 Å². The van der Waals surface area contributed by atoms with Crippen LogP contribution in [0.15, 0.2) is 41.4 Å². The molecule has 1 amide bonds. The number of carbonyl (C=O) groups excluding carboxylic acids is 1. The largest absolute Gasteiger partial charge is 0.490 e. The zero-order valence-corrected chi connectivity index (χ0v) is 18.3. The van der Waals surface area contributed by atoms with E-state index in [4.69, 9.17) is 15.0 Å². The summed E-state index contributed by atoms with van der Waals surface area (Å²) in [5, 5.41) is 20.7. The lowest BCUT2D eigenvalue weighted by Crippen LogP contribution is -2.42. The van der Waals surface area contributed by atoms with Gasteiger partial charge in [0.15, 0.2) is 5.69 Å². The van der Waals surface area contributed by atoms with E-state index in [1.165, 1.54) is 0 Å². The van der Waals surface area contributed by atoms with Crippen molar-refractivity contribution in [2.24, 2.45) is 4.99 Å². The van der Waals surface area contributed by atoms with Crippen molar-refractivity contribution in [3.63, 3.8) is 0 Å². The molecule has 0 saturated carbocycles. The molecule has 3 heterocycles. The van der Waals surface area contributed by atoms with Gasteiger partial charge in [-0.1, -0.05) is 0 Å². The minimum Gasteiger partial charge on any atom is -0.490 e. The van der Waals surface area contributed by atoms with Crippen LogP contribution in [0.5, 0.6) is 5.75 Å². The topological polar surface area (TPSA) is 104 Å². The molecule has 2 aliphatic heterocycles. The number of piperidine rings is 2. The van der Waals surface area contributed by atoms with E-state index in [9.17, 15) is 4.79 Å².